The number of carbonyl (C=O) groups excluding carboxylic acids is 2. The number of quaternary nitrogens is 1. The molecule has 4 aliphatic rings. The molecule has 0 aromatic carbocycles. The number of hydrogen-bond donors (Lipinski definition) is 0. The van der Waals surface area contributed by atoms with Crippen molar-refractivity contribution in [3.05, 3.63) is 40.4 Å². The summed E-state index contributed by atoms with van der Waals surface area (Å²) in [7, 11) is 0. The predicted molar refractivity (Wildman–Crippen MR) is 121 cm³/mol. The summed E-state index contributed by atoms with van der Waals surface area (Å²) in [5.74, 6) is 0.589. The summed E-state index contributed by atoms with van der Waals surface area (Å²) in [6, 6.07) is 5.92. The van der Waals surface area contributed by atoms with Gasteiger partial charge in [-0.1, -0.05) is 36.9 Å². The standard InChI is InChI=1S/C25H33N2O4S/c28-21(16-20-9-14-30-26-20)17-27-12-7-19(8-13-27)22(18-27)31-24(29)25(23-6-5-15-32-23)10-3-1-2-4-11-25/h5-6,9,14-15,19,22H,1-4,7-8,10-13,16-18H2/q+1/t19?,22-,27?/m0/s1. The van der Waals surface area contributed by atoms with Gasteiger partial charge in [-0.2, -0.15) is 0 Å². The molecule has 2 bridgehead atoms. The second kappa shape index (κ2) is 9.10. The van der Waals surface area contributed by atoms with Crippen molar-refractivity contribution in [2.24, 2.45) is 5.92 Å². The lowest BCUT2D eigenvalue weighted by Gasteiger charge is -2.52. The van der Waals surface area contributed by atoms with Gasteiger partial charge in [0.2, 0.25) is 0 Å². The van der Waals surface area contributed by atoms with Gasteiger partial charge < -0.3 is 13.7 Å². The van der Waals surface area contributed by atoms with E-state index in [1.165, 1.54) is 19.1 Å². The molecule has 6 nitrogen and oxygen atoms in total. The van der Waals surface area contributed by atoms with Gasteiger partial charge in [0.05, 0.1) is 25.2 Å². The molecular formula is C25H33N2O4S+. The average molecular weight is 458 g/mol. The lowest BCUT2D eigenvalue weighted by Crippen LogP contribution is -2.66. The van der Waals surface area contributed by atoms with Gasteiger partial charge in [-0.05, 0) is 24.3 Å². The molecule has 7 heteroatoms. The number of piperidine rings is 3. The Morgan fingerprint density at radius 1 is 1.16 bits per heavy atom. The minimum atomic E-state index is -0.482. The molecule has 32 heavy (non-hydrogen) atoms. The number of rotatable bonds is 7. The summed E-state index contributed by atoms with van der Waals surface area (Å²) >= 11 is 1.69. The average Bonchev–Trinajstić information content (AvgIpc) is 3.45. The number of nitrogens with zero attached hydrogens (tertiary/aromatic N) is 2. The zero-order valence-electron chi connectivity index (χ0n) is 18.7. The highest BCUT2D eigenvalue weighted by atomic mass is 32.1. The largest absolute Gasteiger partial charge is 0.455 e. The summed E-state index contributed by atoms with van der Waals surface area (Å²) in [4.78, 5) is 27.7. The van der Waals surface area contributed by atoms with Crippen LogP contribution in [0.1, 0.15) is 61.9 Å². The highest BCUT2D eigenvalue weighted by Gasteiger charge is 2.51. The first-order valence-corrected chi connectivity index (χ1v) is 13.0. The van der Waals surface area contributed by atoms with E-state index >= 15 is 0 Å². The number of carbonyl (C=O) groups is 2. The van der Waals surface area contributed by atoms with Crippen molar-refractivity contribution in [2.75, 3.05) is 26.2 Å². The van der Waals surface area contributed by atoms with Crippen molar-refractivity contribution in [3.8, 4) is 0 Å². The van der Waals surface area contributed by atoms with Crippen LogP contribution in [-0.2, 0) is 26.2 Å². The second-order valence-electron chi connectivity index (χ2n) is 10.1. The number of aromatic nitrogens is 1. The van der Waals surface area contributed by atoms with Gasteiger partial charge >= 0.3 is 5.97 Å². The summed E-state index contributed by atoms with van der Waals surface area (Å²) in [5.41, 5.74) is 0.207. The molecule has 4 fully saturated rings. The molecule has 172 valence electrons. The van der Waals surface area contributed by atoms with Crippen LogP contribution in [0, 0.1) is 5.92 Å². The second-order valence-corrected chi connectivity index (χ2v) is 11.0. The first-order valence-electron chi connectivity index (χ1n) is 12.1. The zero-order valence-corrected chi connectivity index (χ0v) is 19.5. The minimum absolute atomic E-state index is 0.0207. The van der Waals surface area contributed by atoms with Crippen LogP contribution < -0.4 is 0 Å². The van der Waals surface area contributed by atoms with E-state index in [0.717, 1.165) is 67.5 Å². The van der Waals surface area contributed by atoms with Crippen LogP contribution in [0.4, 0.5) is 0 Å². The molecule has 1 saturated carbocycles. The van der Waals surface area contributed by atoms with Crippen LogP contribution in [0.3, 0.4) is 0 Å². The molecule has 0 unspecified atom stereocenters. The monoisotopic (exact) mass is 457 g/mol. The molecular weight excluding hydrogens is 424 g/mol. The first kappa shape index (κ1) is 21.8. The highest BCUT2D eigenvalue weighted by Crippen LogP contribution is 2.43. The number of ketones is 1. The van der Waals surface area contributed by atoms with Gasteiger partial charge in [0, 0.05) is 29.7 Å². The SMILES string of the molecule is O=C(Cc1ccon1)C[N+]12CCC(CC1)[C@@H](OC(=O)C1(c3cccs3)CCCCCC1)C2. The maximum atomic E-state index is 13.7. The maximum absolute atomic E-state index is 13.7. The van der Waals surface area contributed by atoms with Gasteiger partial charge in [0.25, 0.3) is 0 Å². The Balaban J connectivity index is 1.29. The molecule has 1 atom stereocenters. The van der Waals surface area contributed by atoms with Gasteiger partial charge in [0.1, 0.15) is 24.8 Å². The van der Waals surface area contributed by atoms with Crippen molar-refractivity contribution < 1.29 is 23.3 Å². The molecule has 2 aromatic rings. The van der Waals surface area contributed by atoms with Gasteiger partial charge in [-0.3, -0.25) is 9.59 Å². The van der Waals surface area contributed by atoms with Gasteiger partial charge in [0.15, 0.2) is 11.9 Å². The predicted octanol–water partition coefficient (Wildman–Crippen LogP) is 4.29. The molecule has 1 aliphatic carbocycles. The van der Waals surface area contributed by atoms with E-state index in [-0.39, 0.29) is 17.9 Å². The molecule has 5 heterocycles. The highest BCUT2D eigenvalue weighted by molar-refractivity contribution is 7.10. The Kier molecular flexibility index (Phi) is 6.21. The zero-order chi connectivity index (χ0) is 22.0. The first-order chi connectivity index (χ1) is 15.6. The molecule has 6 rings (SSSR count). The number of fused-ring (bicyclic) bond motifs is 3. The van der Waals surface area contributed by atoms with Crippen molar-refractivity contribution in [2.45, 2.75) is 69.3 Å². The topological polar surface area (TPSA) is 69.4 Å². The number of esters is 1. The third-order valence-corrected chi connectivity index (χ3v) is 9.10. The van der Waals surface area contributed by atoms with Crippen LogP contribution in [0.5, 0.6) is 0 Å². The fourth-order valence-corrected chi connectivity index (χ4v) is 7.20. The smallest absolute Gasteiger partial charge is 0.317 e. The van der Waals surface area contributed by atoms with Crippen molar-refractivity contribution in [1.82, 2.24) is 5.16 Å². The van der Waals surface area contributed by atoms with E-state index in [2.05, 4.69) is 22.7 Å². The molecule has 0 amide bonds. The Labute approximate surface area is 193 Å². The molecule has 0 spiro atoms. The Morgan fingerprint density at radius 2 is 1.94 bits per heavy atom. The molecule has 2 aromatic heterocycles. The van der Waals surface area contributed by atoms with E-state index in [9.17, 15) is 9.59 Å². The van der Waals surface area contributed by atoms with E-state index in [1.54, 1.807) is 17.4 Å². The number of ether oxygens (including phenoxy) is 1. The summed E-state index contributed by atoms with van der Waals surface area (Å²) < 4.78 is 12.0. The summed E-state index contributed by atoms with van der Waals surface area (Å²) in [6.45, 7) is 3.25. The number of Topliss-reactive ketones (excluding diaryl/α,β-unsaturated/α-hetero) is 1. The van der Waals surface area contributed by atoms with E-state index in [1.807, 2.05) is 0 Å². The molecule has 3 saturated heterocycles. The van der Waals surface area contributed by atoms with E-state index in [4.69, 9.17) is 9.26 Å². The minimum Gasteiger partial charge on any atom is -0.455 e. The van der Waals surface area contributed by atoms with Gasteiger partial charge in [-0.15, -0.1) is 11.3 Å². The van der Waals surface area contributed by atoms with Crippen LogP contribution in [0.2, 0.25) is 0 Å². The molecule has 0 N–H and O–H groups in total. The third-order valence-electron chi connectivity index (χ3n) is 8.02. The molecule has 0 radical (unpaired) electrons. The van der Waals surface area contributed by atoms with Crippen LogP contribution >= 0.6 is 11.3 Å². The third kappa shape index (κ3) is 4.29. The lowest BCUT2D eigenvalue weighted by molar-refractivity contribution is -0.939. The van der Waals surface area contributed by atoms with Crippen molar-refractivity contribution in [1.29, 1.82) is 0 Å². The summed E-state index contributed by atoms with van der Waals surface area (Å²) in [5, 5.41) is 5.96. The maximum Gasteiger partial charge on any atom is 0.317 e. The van der Waals surface area contributed by atoms with Gasteiger partial charge in [-0.25, -0.2) is 0 Å². The lowest BCUT2D eigenvalue weighted by atomic mass is 9.78. The quantitative estimate of drug-likeness (QED) is 0.352. The normalized spacial score (nSPS) is 29.4. The number of hydrogen-bond acceptors (Lipinski definition) is 6. The van der Waals surface area contributed by atoms with Crippen molar-refractivity contribution >= 4 is 23.1 Å². The Bertz CT molecular complexity index is 908. The van der Waals surface area contributed by atoms with E-state index in [0.29, 0.717) is 24.6 Å². The summed E-state index contributed by atoms with van der Waals surface area (Å²) in [6.07, 6.45) is 10.1. The van der Waals surface area contributed by atoms with Crippen LogP contribution in [-0.4, -0.2) is 53.7 Å². The van der Waals surface area contributed by atoms with Crippen LogP contribution in [0.15, 0.2) is 34.4 Å². The molecule has 3 aliphatic heterocycles. The fourth-order valence-electron chi connectivity index (χ4n) is 6.22. The Hall–Kier alpha value is -1.99. The van der Waals surface area contributed by atoms with Crippen LogP contribution in [0.25, 0.3) is 0 Å². The van der Waals surface area contributed by atoms with Crippen molar-refractivity contribution in [3.63, 3.8) is 0 Å². The number of thiophene rings is 1. The fraction of sp³-hybridized carbons (Fsp3) is 0.640. The Morgan fingerprint density at radius 3 is 2.59 bits per heavy atom. The van der Waals surface area contributed by atoms with E-state index < -0.39 is 5.41 Å².